The molecule has 1 aliphatic carbocycles. The van der Waals surface area contributed by atoms with E-state index < -0.39 is 10.0 Å². The molecule has 1 atom stereocenters. The van der Waals surface area contributed by atoms with E-state index in [0.717, 1.165) is 32.1 Å². The summed E-state index contributed by atoms with van der Waals surface area (Å²) in [7, 11) is -3.50. The number of nitrogens with zero attached hydrogens (tertiary/aromatic N) is 1. The van der Waals surface area contributed by atoms with Crippen molar-refractivity contribution < 1.29 is 13.2 Å². The molecule has 1 saturated heterocycles. The SMILES string of the molecule is O=C(NC1CCCCCCC1)[C@H]1CCCN(S(=O)(=O)Cc2ccccc2Cl)C1. The van der Waals surface area contributed by atoms with Crippen molar-refractivity contribution in [1.82, 2.24) is 9.62 Å². The van der Waals surface area contributed by atoms with Crippen LogP contribution in [0.4, 0.5) is 0 Å². The number of hydrogen-bond acceptors (Lipinski definition) is 3. The summed E-state index contributed by atoms with van der Waals surface area (Å²) in [4.78, 5) is 12.8. The van der Waals surface area contributed by atoms with Gasteiger partial charge in [-0.15, -0.1) is 0 Å². The van der Waals surface area contributed by atoms with Crippen molar-refractivity contribution >= 4 is 27.5 Å². The van der Waals surface area contributed by atoms with Crippen LogP contribution >= 0.6 is 11.6 Å². The van der Waals surface area contributed by atoms with E-state index >= 15 is 0 Å². The number of nitrogens with one attached hydrogen (secondary N) is 1. The van der Waals surface area contributed by atoms with Crippen LogP contribution in [0.3, 0.4) is 0 Å². The number of carbonyl (C=O) groups is 1. The third-order valence-electron chi connectivity index (χ3n) is 5.90. The Balaban J connectivity index is 1.59. The average molecular weight is 427 g/mol. The first-order valence-electron chi connectivity index (χ1n) is 10.5. The topological polar surface area (TPSA) is 66.5 Å². The molecule has 1 saturated carbocycles. The van der Waals surface area contributed by atoms with Gasteiger partial charge in [-0.3, -0.25) is 4.79 Å². The van der Waals surface area contributed by atoms with Gasteiger partial charge < -0.3 is 5.32 Å². The monoisotopic (exact) mass is 426 g/mol. The first-order valence-corrected chi connectivity index (χ1v) is 12.5. The second kappa shape index (κ2) is 10.1. The minimum Gasteiger partial charge on any atom is -0.353 e. The van der Waals surface area contributed by atoms with E-state index in [-0.39, 0.29) is 30.2 Å². The van der Waals surface area contributed by atoms with Gasteiger partial charge >= 0.3 is 0 Å². The van der Waals surface area contributed by atoms with Gasteiger partial charge in [-0.25, -0.2) is 12.7 Å². The molecule has 1 N–H and O–H groups in total. The van der Waals surface area contributed by atoms with Gasteiger partial charge in [-0.2, -0.15) is 0 Å². The molecule has 1 amide bonds. The lowest BCUT2D eigenvalue weighted by atomic mass is 9.94. The Kier molecular flexibility index (Phi) is 7.77. The third-order valence-corrected chi connectivity index (χ3v) is 8.06. The van der Waals surface area contributed by atoms with Crippen molar-refractivity contribution in [2.75, 3.05) is 13.1 Å². The molecule has 0 spiro atoms. The minimum atomic E-state index is -3.50. The van der Waals surface area contributed by atoms with Crippen molar-refractivity contribution in [3.05, 3.63) is 34.9 Å². The number of benzene rings is 1. The summed E-state index contributed by atoms with van der Waals surface area (Å²) >= 11 is 6.13. The van der Waals surface area contributed by atoms with E-state index in [9.17, 15) is 13.2 Å². The Labute approximate surface area is 173 Å². The van der Waals surface area contributed by atoms with Gasteiger partial charge in [0.2, 0.25) is 15.9 Å². The molecular formula is C21H31ClN2O3S. The zero-order chi connectivity index (χ0) is 20.0. The lowest BCUT2D eigenvalue weighted by Crippen LogP contribution is -2.47. The molecule has 0 radical (unpaired) electrons. The fraction of sp³-hybridized carbons (Fsp3) is 0.667. The van der Waals surface area contributed by atoms with Gasteiger partial charge in [0.25, 0.3) is 0 Å². The number of rotatable bonds is 5. The van der Waals surface area contributed by atoms with E-state index in [1.807, 2.05) is 0 Å². The molecule has 5 nitrogen and oxygen atoms in total. The van der Waals surface area contributed by atoms with E-state index in [4.69, 9.17) is 11.6 Å². The standard InChI is InChI=1S/C21H31ClN2O3S/c22-20-13-7-6-9-18(20)16-28(26,27)24-14-8-10-17(15-24)21(25)23-19-11-4-2-1-3-5-12-19/h6-7,9,13,17,19H,1-5,8,10-12,14-16H2,(H,23,25)/t17-/m0/s1. The van der Waals surface area contributed by atoms with Crippen LogP contribution in [0, 0.1) is 5.92 Å². The van der Waals surface area contributed by atoms with Gasteiger partial charge in [-0.1, -0.05) is 61.9 Å². The van der Waals surface area contributed by atoms with Crippen LogP contribution in [-0.2, 0) is 20.6 Å². The van der Waals surface area contributed by atoms with Crippen molar-refractivity contribution in [2.24, 2.45) is 5.92 Å². The zero-order valence-electron chi connectivity index (χ0n) is 16.4. The van der Waals surface area contributed by atoms with Crippen molar-refractivity contribution in [2.45, 2.75) is 69.6 Å². The Bertz CT molecular complexity index is 761. The van der Waals surface area contributed by atoms with Crippen LogP contribution in [0.5, 0.6) is 0 Å². The lowest BCUT2D eigenvalue weighted by molar-refractivity contribution is -0.126. The molecule has 1 aromatic rings. The second-order valence-electron chi connectivity index (χ2n) is 8.10. The molecule has 1 aliphatic heterocycles. The van der Waals surface area contributed by atoms with Crippen LogP contribution in [-0.4, -0.2) is 37.8 Å². The molecule has 1 aromatic carbocycles. The smallest absolute Gasteiger partial charge is 0.224 e. The number of piperidine rings is 1. The largest absolute Gasteiger partial charge is 0.353 e. The predicted molar refractivity (Wildman–Crippen MR) is 113 cm³/mol. The maximum Gasteiger partial charge on any atom is 0.224 e. The molecule has 7 heteroatoms. The van der Waals surface area contributed by atoms with Gasteiger partial charge in [0.05, 0.1) is 11.7 Å². The van der Waals surface area contributed by atoms with Crippen LogP contribution in [0.25, 0.3) is 0 Å². The molecule has 1 heterocycles. The average Bonchev–Trinajstić information content (AvgIpc) is 2.65. The molecule has 156 valence electrons. The predicted octanol–water partition coefficient (Wildman–Crippen LogP) is 4.11. The molecule has 2 fully saturated rings. The molecule has 2 aliphatic rings. The summed E-state index contributed by atoms with van der Waals surface area (Å²) in [6.07, 6.45) is 9.62. The normalized spacial score (nSPS) is 23.0. The second-order valence-corrected chi connectivity index (χ2v) is 10.5. The Hall–Kier alpha value is -1.11. The van der Waals surface area contributed by atoms with Crippen LogP contribution in [0.15, 0.2) is 24.3 Å². The number of hydrogen-bond donors (Lipinski definition) is 1. The number of carbonyl (C=O) groups excluding carboxylic acids is 1. The Morgan fingerprint density at radius 1 is 1.04 bits per heavy atom. The number of sulfonamides is 1. The zero-order valence-corrected chi connectivity index (χ0v) is 18.0. The molecule has 0 bridgehead atoms. The van der Waals surface area contributed by atoms with E-state index in [1.165, 1.54) is 23.6 Å². The van der Waals surface area contributed by atoms with Gasteiger partial charge in [0.1, 0.15) is 0 Å². The summed E-state index contributed by atoms with van der Waals surface area (Å²) in [5.41, 5.74) is 0.602. The van der Waals surface area contributed by atoms with Gasteiger partial charge in [-0.05, 0) is 37.3 Å². The van der Waals surface area contributed by atoms with Crippen molar-refractivity contribution in [3.63, 3.8) is 0 Å². The molecule has 28 heavy (non-hydrogen) atoms. The van der Waals surface area contributed by atoms with Gasteiger partial charge in [0, 0.05) is 24.2 Å². The Morgan fingerprint density at radius 2 is 1.71 bits per heavy atom. The fourth-order valence-corrected chi connectivity index (χ4v) is 6.16. The van der Waals surface area contributed by atoms with E-state index in [1.54, 1.807) is 24.3 Å². The quantitative estimate of drug-likeness (QED) is 0.770. The van der Waals surface area contributed by atoms with Crippen LogP contribution in [0.1, 0.15) is 63.4 Å². The summed E-state index contributed by atoms with van der Waals surface area (Å²) in [5, 5.41) is 3.67. The fourth-order valence-electron chi connectivity index (χ4n) is 4.23. The first-order chi connectivity index (χ1) is 13.5. The molecular weight excluding hydrogens is 396 g/mol. The highest BCUT2D eigenvalue weighted by molar-refractivity contribution is 7.88. The van der Waals surface area contributed by atoms with Crippen molar-refractivity contribution in [3.8, 4) is 0 Å². The highest BCUT2D eigenvalue weighted by atomic mass is 35.5. The van der Waals surface area contributed by atoms with Crippen molar-refractivity contribution in [1.29, 1.82) is 0 Å². The minimum absolute atomic E-state index is 0.0169. The Morgan fingerprint density at radius 3 is 2.43 bits per heavy atom. The summed E-state index contributed by atoms with van der Waals surface area (Å²) < 4.78 is 27.2. The highest BCUT2D eigenvalue weighted by Gasteiger charge is 2.33. The molecule has 0 aromatic heterocycles. The number of amides is 1. The summed E-state index contributed by atoms with van der Waals surface area (Å²) in [6, 6.07) is 7.26. The maximum atomic E-state index is 12.9. The number of halogens is 1. The molecule has 0 unspecified atom stereocenters. The van der Waals surface area contributed by atoms with Crippen LogP contribution in [0.2, 0.25) is 5.02 Å². The van der Waals surface area contributed by atoms with Gasteiger partial charge in [0.15, 0.2) is 0 Å². The van der Waals surface area contributed by atoms with Crippen LogP contribution < -0.4 is 5.32 Å². The first kappa shape index (κ1) is 21.6. The summed E-state index contributed by atoms with van der Waals surface area (Å²) in [5.74, 6) is -0.368. The van der Waals surface area contributed by atoms with E-state index in [0.29, 0.717) is 23.6 Å². The highest BCUT2D eigenvalue weighted by Crippen LogP contribution is 2.25. The lowest BCUT2D eigenvalue weighted by Gasteiger charge is -2.32. The third kappa shape index (κ3) is 5.94. The summed E-state index contributed by atoms with van der Waals surface area (Å²) in [6.45, 7) is 0.741. The molecule has 3 rings (SSSR count). The van der Waals surface area contributed by atoms with E-state index in [2.05, 4.69) is 5.32 Å². The maximum absolute atomic E-state index is 12.9.